The van der Waals surface area contributed by atoms with Gasteiger partial charge in [0.25, 0.3) is 0 Å². The molecule has 0 aromatic heterocycles. The van der Waals surface area contributed by atoms with E-state index in [2.05, 4.69) is 24.5 Å². The number of rotatable bonds is 8. The molecule has 1 saturated carbocycles. The molecule has 1 aromatic carbocycles. The molecule has 0 aliphatic heterocycles. The van der Waals surface area contributed by atoms with Gasteiger partial charge in [0, 0.05) is 17.8 Å². The Bertz CT molecular complexity index is 635. The van der Waals surface area contributed by atoms with Crippen molar-refractivity contribution in [1.82, 2.24) is 10.2 Å². The smallest absolute Gasteiger partial charge is 0.238 e. The summed E-state index contributed by atoms with van der Waals surface area (Å²) in [5, 5.41) is 6.03. The van der Waals surface area contributed by atoms with Crippen molar-refractivity contribution in [3.8, 4) is 5.75 Å². The molecular weight excluding hydrogens is 342 g/mol. The molecule has 2 N–H and O–H groups in total. The van der Waals surface area contributed by atoms with Crippen LogP contribution in [0.3, 0.4) is 0 Å². The van der Waals surface area contributed by atoms with Crippen LogP contribution in [0.2, 0.25) is 0 Å². The van der Waals surface area contributed by atoms with Crippen LogP contribution in [0.15, 0.2) is 24.3 Å². The van der Waals surface area contributed by atoms with E-state index in [0.717, 1.165) is 12.8 Å². The third-order valence-corrected chi connectivity index (χ3v) is 5.59. The highest BCUT2D eigenvalue weighted by atomic mass is 16.5. The zero-order valence-electron chi connectivity index (χ0n) is 17.0. The second kappa shape index (κ2) is 10.3. The largest absolute Gasteiger partial charge is 0.497 e. The monoisotopic (exact) mass is 375 g/mol. The van der Waals surface area contributed by atoms with Gasteiger partial charge in [0.05, 0.1) is 20.2 Å². The van der Waals surface area contributed by atoms with Crippen LogP contribution in [0.4, 0.5) is 5.69 Å². The lowest BCUT2D eigenvalue weighted by Gasteiger charge is -2.35. The maximum atomic E-state index is 12.5. The molecule has 0 bridgehead atoms. The van der Waals surface area contributed by atoms with Crippen molar-refractivity contribution in [3.63, 3.8) is 0 Å². The Hall–Kier alpha value is -2.08. The van der Waals surface area contributed by atoms with Gasteiger partial charge in [-0.05, 0) is 36.9 Å². The van der Waals surface area contributed by atoms with E-state index in [0.29, 0.717) is 29.8 Å². The summed E-state index contributed by atoms with van der Waals surface area (Å²) in [6.45, 7) is 7.47. The number of carbonyl (C=O) groups excluding carboxylic acids is 2. The highest BCUT2D eigenvalue weighted by molar-refractivity contribution is 5.92. The fourth-order valence-electron chi connectivity index (χ4n) is 3.63. The van der Waals surface area contributed by atoms with Crippen molar-refractivity contribution in [2.24, 2.45) is 11.8 Å². The van der Waals surface area contributed by atoms with Gasteiger partial charge in [-0.25, -0.2) is 0 Å². The summed E-state index contributed by atoms with van der Waals surface area (Å²) in [5.41, 5.74) is 0.685. The van der Waals surface area contributed by atoms with Gasteiger partial charge in [0.15, 0.2) is 0 Å². The number of ether oxygens (including phenoxy) is 1. The highest BCUT2D eigenvalue weighted by Crippen LogP contribution is 2.29. The zero-order chi connectivity index (χ0) is 19.8. The van der Waals surface area contributed by atoms with Crippen molar-refractivity contribution in [2.75, 3.05) is 32.1 Å². The van der Waals surface area contributed by atoms with Gasteiger partial charge >= 0.3 is 0 Å². The molecule has 1 fully saturated rings. The molecule has 3 atom stereocenters. The molecule has 0 heterocycles. The van der Waals surface area contributed by atoms with Crippen molar-refractivity contribution in [1.29, 1.82) is 0 Å². The quantitative estimate of drug-likeness (QED) is 0.733. The number of amides is 2. The lowest BCUT2D eigenvalue weighted by atomic mass is 9.78. The first-order chi connectivity index (χ1) is 12.9. The second-order valence-corrected chi connectivity index (χ2v) is 7.52. The van der Waals surface area contributed by atoms with Gasteiger partial charge in [-0.2, -0.15) is 0 Å². The maximum Gasteiger partial charge on any atom is 0.238 e. The fraction of sp³-hybridized carbons (Fsp3) is 0.619. The van der Waals surface area contributed by atoms with Gasteiger partial charge in [-0.15, -0.1) is 0 Å². The van der Waals surface area contributed by atoms with E-state index >= 15 is 0 Å². The molecule has 0 saturated heterocycles. The standard InChI is InChI=1S/C21H33N3O3/c1-5-24(13-20(25)22-17-9-7-10-18(12-17)27-4)14-21(26)23-19-11-6-8-15(2)16(19)3/h7,9-10,12,15-16,19H,5-6,8,11,13-14H2,1-4H3,(H,22,25)(H,23,26)/t15-,16-,19+/m0/s1. The highest BCUT2D eigenvalue weighted by Gasteiger charge is 2.28. The van der Waals surface area contributed by atoms with Crippen LogP contribution in [0.25, 0.3) is 0 Å². The summed E-state index contributed by atoms with van der Waals surface area (Å²) in [5.74, 6) is 1.68. The number of anilines is 1. The van der Waals surface area contributed by atoms with Crippen LogP contribution in [0.1, 0.15) is 40.0 Å². The number of nitrogens with zero attached hydrogens (tertiary/aromatic N) is 1. The van der Waals surface area contributed by atoms with Gasteiger partial charge in [0.2, 0.25) is 11.8 Å². The van der Waals surface area contributed by atoms with E-state index in [9.17, 15) is 9.59 Å². The fourth-order valence-corrected chi connectivity index (χ4v) is 3.63. The summed E-state index contributed by atoms with van der Waals surface area (Å²) in [6, 6.07) is 7.48. The van der Waals surface area contributed by atoms with Gasteiger partial charge in [-0.3, -0.25) is 14.5 Å². The molecule has 0 unspecified atom stereocenters. The predicted octanol–water partition coefficient (Wildman–Crippen LogP) is 2.90. The van der Waals surface area contributed by atoms with E-state index in [1.165, 1.54) is 6.42 Å². The minimum Gasteiger partial charge on any atom is -0.497 e. The lowest BCUT2D eigenvalue weighted by molar-refractivity contribution is -0.124. The van der Waals surface area contributed by atoms with E-state index in [1.54, 1.807) is 13.2 Å². The number of carbonyl (C=O) groups is 2. The summed E-state index contributed by atoms with van der Waals surface area (Å²) in [7, 11) is 1.59. The number of likely N-dealkylation sites (N-methyl/N-ethyl adjacent to an activating group) is 1. The van der Waals surface area contributed by atoms with Crippen molar-refractivity contribution < 1.29 is 14.3 Å². The van der Waals surface area contributed by atoms with Gasteiger partial charge in [-0.1, -0.05) is 39.7 Å². The van der Waals surface area contributed by atoms with Gasteiger partial charge < -0.3 is 15.4 Å². The van der Waals surface area contributed by atoms with Crippen molar-refractivity contribution in [3.05, 3.63) is 24.3 Å². The SMILES string of the molecule is CCN(CC(=O)Nc1cccc(OC)c1)CC(=O)N[C@@H]1CCC[C@H](C)[C@@H]1C. The van der Waals surface area contributed by atoms with E-state index in [1.807, 2.05) is 30.0 Å². The molecule has 2 rings (SSSR count). The summed E-state index contributed by atoms with van der Waals surface area (Å²) in [4.78, 5) is 26.6. The molecule has 1 aliphatic carbocycles. The van der Waals surface area contributed by atoms with Crippen LogP contribution in [-0.2, 0) is 9.59 Å². The molecule has 27 heavy (non-hydrogen) atoms. The molecule has 1 aromatic rings. The first kappa shape index (κ1) is 21.2. The minimum absolute atomic E-state index is 0.00280. The first-order valence-electron chi connectivity index (χ1n) is 9.88. The van der Waals surface area contributed by atoms with E-state index < -0.39 is 0 Å². The molecule has 150 valence electrons. The number of hydrogen-bond donors (Lipinski definition) is 2. The van der Waals surface area contributed by atoms with E-state index in [4.69, 9.17) is 4.74 Å². The zero-order valence-corrected chi connectivity index (χ0v) is 17.0. The number of methoxy groups -OCH3 is 1. The van der Waals surface area contributed by atoms with Gasteiger partial charge in [0.1, 0.15) is 5.75 Å². The molecule has 0 radical (unpaired) electrons. The number of nitrogens with one attached hydrogen (secondary N) is 2. The number of benzene rings is 1. The molecular formula is C21H33N3O3. The molecule has 2 amide bonds. The Balaban J connectivity index is 1.83. The topological polar surface area (TPSA) is 70.7 Å². The third-order valence-electron chi connectivity index (χ3n) is 5.59. The van der Waals surface area contributed by atoms with Crippen LogP contribution in [0, 0.1) is 11.8 Å². The minimum atomic E-state index is -0.141. The third kappa shape index (κ3) is 6.54. The molecule has 1 aliphatic rings. The first-order valence-corrected chi connectivity index (χ1v) is 9.88. The summed E-state index contributed by atoms with van der Waals surface area (Å²) < 4.78 is 5.16. The molecule has 6 nitrogen and oxygen atoms in total. The Morgan fingerprint density at radius 2 is 1.93 bits per heavy atom. The predicted molar refractivity (Wildman–Crippen MR) is 108 cm³/mol. The second-order valence-electron chi connectivity index (χ2n) is 7.52. The van der Waals surface area contributed by atoms with Crippen molar-refractivity contribution in [2.45, 2.75) is 46.1 Å². The van der Waals surface area contributed by atoms with E-state index in [-0.39, 0.29) is 30.9 Å². The maximum absolute atomic E-state index is 12.5. The Labute approximate surface area is 162 Å². The summed E-state index contributed by atoms with van der Waals surface area (Å²) in [6.07, 6.45) is 3.44. The number of hydrogen-bond acceptors (Lipinski definition) is 4. The Morgan fingerprint density at radius 3 is 2.63 bits per heavy atom. The average Bonchev–Trinajstić information content (AvgIpc) is 2.65. The van der Waals surface area contributed by atoms with Crippen LogP contribution in [-0.4, -0.2) is 49.5 Å². The van der Waals surface area contributed by atoms with Crippen LogP contribution in [0.5, 0.6) is 5.75 Å². The lowest BCUT2D eigenvalue weighted by Crippen LogP contribution is -2.48. The summed E-state index contributed by atoms with van der Waals surface area (Å²) >= 11 is 0. The molecule has 6 heteroatoms. The average molecular weight is 376 g/mol. The Morgan fingerprint density at radius 1 is 1.19 bits per heavy atom. The molecule has 0 spiro atoms. The van der Waals surface area contributed by atoms with Crippen molar-refractivity contribution >= 4 is 17.5 Å². The normalized spacial score (nSPS) is 22.3. The van der Waals surface area contributed by atoms with Crippen LogP contribution < -0.4 is 15.4 Å². The van der Waals surface area contributed by atoms with Crippen LogP contribution >= 0.6 is 0 Å². The Kier molecular flexibility index (Phi) is 8.10.